The summed E-state index contributed by atoms with van der Waals surface area (Å²) in [6, 6.07) is 0.203. The highest BCUT2D eigenvalue weighted by Gasteiger charge is 2.17. The number of rotatable bonds is 5. The molecule has 2 rings (SSSR count). The van der Waals surface area contributed by atoms with Gasteiger partial charge in [0.25, 0.3) is 0 Å². The number of hydrogen-bond donors (Lipinski definition) is 2. The molecule has 0 aliphatic carbocycles. The lowest BCUT2D eigenvalue weighted by Crippen LogP contribution is -2.20. The molecule has 0 amide bonds. The lowest BCUT2D eigenvalue weighted by molar-refractivity contribution is 0.190. The molecule has 5 nitrogen and oxygen atoms in total. The van der Waals surface area contributed by atoms with Gasteiger partial charge in [-0.15, -0.1) is 11.3 Å². The normalized spacial score (nSPS) is 12.6. The van der Waals surface area contributed by atoms with E-state index in [-0.39, 0.29) is 6.04 Å². The molecule has 3 N–H and O–H groups in total. The van der Waals surface area contributed by atoms with Crippen molar-refractivity contribution >= 4 is 33.7 Å². The summed E-state index contributed by atoms with van der Waals surface area (Å²) in [6.07, 6.45) is 0. The Hall–Kier alpha value is -1.18. The van der Waals surface area contributed by atoms with Crippen molar-refractivity contribution in [3.8, 4) is 10.6 Å². The highest BCUT2D eigenvalue weighted by atomic mass is 32.1. The fourth-order valence-corrected chi connectivity index (χ4v) is 3.34. The number of nitrogens with one attached hydrogen (secondary N) is 1. The SMILES string of the molecule is COCC(C)Nc1snc(N)c1-c1nc(C)cs1. The lowest BCUT2D eigenvalue weighted by atomic mass is 10.3. The summed E-state index contributed by atoms with van der Waals surface area (Å²) in [5.41, 5.74) is 7.83. The highest BCUT2D eigenvalue weighted by Crippen LogP contribution is 2.38. The molecule has 0 spiro atoms. The number of aryl methyl sites for hydroxylation is 1. The minimum absolute atomic E-state index is 0.203. The van der Waals surface area contributed by atoms with Crippen LogP contribution in [0.3, 0.4) is 0 Å². The first-order chi connectivity index (χ1) is 8.61. The van der Waals surface area contributed by atoms with Crippen LogP contribution in [0.2, 0.25) is 0 Å². The predicted octanol–water partition coefficient (Wildman–Crippen LogP) is 2.60. The van der Waals surface area contributed by atoms with Crippen molar-refractivity contribution in [2.24, 2.45) is 0 Å². The molecule has 0 bridgehead atoms. The fraction of sp³-hybridized carbons (Fsp3) is 0.455. The molecule has 18 heavy (non-hydrogen) atoms. The third-order valence-corrected chi connectivity index (χ3v) is 4.12. The number of aromatic nitrogens is 2. The summed E-state index contributed by atoms with van der Waals surface area (Å²) in [7, 11) is 1.68. The smallest absolute Gasteiger partial charge is 0.149 e. The standard InChI is InChI=1S/C11H16N4OS2/c1-6(4-16-3)13-11-8(9(12)15-18-11)10-14-7(2)5-17-10/h5-6,13H,4H2,1-3H3,(H2,12,15). The van der Waals surface area contributed by atoms with Crippen molar-refractivity contribution < 1.29 is 4.74 Å². The Labute approximate surface area is 114 Å². The number of nitrogens with zero attached hydrogens (tertiary/aromatic N) is 2. The lowest BCUT2D eigenvalue weighted by Gasteiger charge is -2.13. The van der Waals surface area contributed by atoms with Crippen LogP contribution < -0.4 is 11.1 Å². The van der Waals surface area contributed by atoms with Gasteiger partial charge in [0.05, 0.1) is 12.2 Å². The minimum atomic E-state index is 0.203. The second-order valence-electron chi connectivity index (χ2n) is 4.07. The van der Waals surface area contributed by atoms with Crippen LogP contribution in [0.25, 0.3) is 10.6 Å². The molecular weight excluding hydrogens is 268 g/mol. The number of methoxy groups -OCH3 is 1. The van der Waals surface area contributed by atoms with Gasteiger partial charge in [0, 0.05) is 24.2 Å². The number of ether oxygens (including phenoxy) is 1. The maximum absolute atomic E-state index is 5.93. The Bertz CT molecular complexity index is 523. The van der Waals surface area contributed by atoms with E-state index in [2.05, 4.69) is 21.6 Å². The fourth-order valence-electron chi connectivity index (χ4n) is 1.59. The van der Waals surface area contributed by atoms with Crippen LogP contribution in [0.15, 0.2) is 5.38 Å². The summed E-state index contributed by atoms with van der Waals surface area (Å²) < 4.78 is 9.31. The second kappa shape index (κ2) is 5.64. The molecule has 0 fully saturated rings. The van der Waals surface area contributed by atoms with Crippen LogP contribution in [0.1, 0.15) is 12.6 Å². The van der Waals surface area contributed by atoms with Crippen molar-refractivity contribution in [3.63, 3.8) is 0 Å². The third kappa shape index (κ3) is 2.80. The van der Waals surface area contributed by atoms with E-state index in [9.17, 15) is 0 Å². The van der Waals surface area contributed by atoms with Crippen molar-refractivity contribution in [1.82, 2.24) is 9.36 Å². The van der Waals surface area contributed by atoms with Gasteiger partial charge >= 0.3 is 0 Å². The van der Waals surface area contributed by atoms with Gasteiger partial charge in [-0.1, -0.05) is 0 Å². The molecule has 2 aromatic heterocycles. The summed E-state index contributed by atoms with van der Waals surface area (Å²) in [5, 5.41) is 7.22. The zero-order chi connectivity index (χ0) is 13.1. The Morgan fingerprint density at radius 2 is 2.33 bits per heavy atom. The average molecular weight is 284 g/mol. The number of hydrogen-bond acceptors (Lipinski definition) is 7. The third-order valence-electron chi connectivity index (χ3n) is 2.35. The largest absolute Gasteiger partial charge is 0.383 e. The highest BCUT2D eigenvalue weighted by molar-refractivity contribution is 7.15. The van der Waals surface area contributed by atoms with E-state index in [4.69, 9.17) is 10.5 Å². The number of nitrogens with two attached hydrogens (primary N) is 1. The van der Waals surface area contributed by atoms with Gasteiger partial charge in [0.2, 0.25) is 0 Å². The van der Waals surface area contributed by atoms with E-state index in [1.165, 1.54) is 11.5 Å². The topological polar surface area (TPSA) is 73.1 Å². The first-order valence-electron chi connectivity index (χ1n) is 5.55. The summed E-state index contributed by atoms with van der Waals surface area (Å²) in [4.78, 5) is 4.46. The number of anilines is 2. The molecule has 0 aliphatic heterocycles. The van der Waals surface area contributed by atoms with E-state index in [0.717, 1.165) is 21.3 Å². The molecule has 0 radical (unpaired) electrons. The van der Waals surface area contributed by atoms with Gasteiger partial charge < -0.3 is 15.8 Å². The minimum Gasteiger partial charge on any atom is -0.383 e. The molecule has 0 saturated carbocycles. The van der Waals surface area contributed by atoms with Gasteiger partial charge in [0.15, 0.2) is 0 Å². The molecule has 2 heterocycles. The monoisotopic (exact) mass is 284 g/mol. The van der Waals surface area contributed by atoms with E-state index < -0.39 is 0 Å². The van der Waals surface area contributed by atoms with Crippen molar-refractivity contribution in [2.75, 3.05) is 24.8 Å². The van der Waals surface area contributed by atoms with Crippen LogP contribution in [0.4, 0.5) is 10.8 Å². The quantitative estimate of drug-likeness (QED) is 0.883. The Kier molecular flexibility index (Phi) is 4.15. The Morgan fingerprint density at radius 3 is 2.94 bits per heavy atom. The van der Waals surface area contributed by atoms with Gasteiger partial charge in [0.1, 0.15) is 15.8 Å². The van der Waals surface area contributed by atoms with Crippen LogP contribution >= 0.6 is 22.9 Å². The Morgan fingerprint density at radius 1 is 1.56 bits per heavy atom. The summed E-state index contributed by atoms with van der Waals surface area (Å²) >= 11 is 2.94. The van der Waals surface area contributed by atoms with Crippen LogP contribution in [0.5, 0.6) is 0 Å². The van der Waals surface area contributed by atoms with Crippen molar-refractivity contribution in [3.05, 3.63) is 11.1 Å². The summed E-state index contributed by atoms with van der Waals surface area (Å²) in [5.74, 6) is 0.529. The first-order valence-corrected chi connectivity index (χ1v) is 7.20. The van der Waals surface area contributed by atoms with Gasteiger partial charge in [-0.25, -0.2) is 4.98 Å². The van der Waals surface area contributed by atoms with E-state index >= 15 is 0 Å². The molecule has 2 aromatic rings. The first kappa shape index (κ1) is 13.3. The second-order valence-corrected chi connectivity index (χ2v) is 5.70. The van der Waals surface area contributed by atoms with Crippen LogP contribution in [0, 0.1) is 6.92 Å². The van der Waals surface area contributed by atoms with Gasteiger partial charge in [-0.05, 0) is 25.4 Å². The predicted molar refractivity (Wildman–Crippen MR) is 77.3 cm³/mol. The molecule has 0 aromatic carbocycles. The van der Waals surface area contributed by atoms with E-state index in [0.29, 0.717) is 12.4 Å². The number of thiazole rings is 1. The van der Waals surface area contributed by atoms with Crippen LogP contribution in [-0.4, -0.2) is 29.1 Å². The van der Waals surface area contributed by atoms with E-state index in [1.807, 2.05) is 12.3 Å². The molecule has 7 heteroatoms. The maximum atomic E-state index is 5.93. The van der Waals surface area contributed by atoms with Crippen LogP contribution in [-0.2, 0) is 4.74 Å². The molecule has 0 saturated heterocycles. The molecular formula is C11H16N4OS2. The molecule has 0 aliphatic rings. The summed E-state index contributed by atoms with van der Waals surface area (Å²) in [6.45, 7) is 4.65. The maximum Gasteiger partial charge on any atom is 0.149 e. The Balaban J connectivity index is 2.27. The van der Waals surface area contributed by atoms with Gasteiger partial charge in [-0.3, -0.25) is 0 Å². The van der Waals surface area contributed by atoms with Crippen molar-refractivity contribution in [2.45, 2.75) is 19.9 Å². The molecule has 1 atom stereocenters. The number of nitrogen functional groups attached to an aromatic ring is 1. The average Bonchev–Trinajstić information content (AvgIpc) is 2.86. The molecule has 1 unspecified atom stereocenters. The van der Waals surface area contributed by atoms with Gasteiger partial charge in [-0.2, -0.15) is 4.37 Å². The molecule has 98 valence electrons. The zero-order valence-electron chi connectivity index (χ0n) is 10.6. The van der Waals surface area contributed by atoms with Crippen molar-refractivity contribution in [1.29, 1.82) is 0 Å². The van der Waals surface area contributed by atoms with E-state index in [1.54, 1.807) is 18.4 Å². The zero-order valence-corrected chi connectivity index (χ0v) is 12.2.